The molecule has 1 amide bonds. The summed E-state index contributed by atoms with van der Waals surface area (Å²) in [6.45, 7) is 7.75. The topological polar surface area (TPSA) is 102 Å². The van der Waals surface area contributed by atoms with Gasteiger partial charge in [-0.05, 0) is 56.7 Å². The number of nitrogens with two attached hydrogens (primary N) is 1. The van der Waals surface area contributed by atoms with Crippen LogP contribution in [0.15, 0.2) is 36.7 Å². The molecule has 3 heterocycles. The van der Waals surface area contributed by atoms with E-state index in [4.69, 9.17) is 15.5 Å². The number of allylic oxidation sites excluding steroid dienone is 1. The van der Waals surface area contributed by atoms with Gasteiger partial charge in [-0.25, -0.2) is 9.97 Å². The number of amides is 1. The van der Waals surface area contributed by atoms with E-state index in [1.165, 1.54) is 5.57 Å². The van der Waals surface area contributed by atoms with E-state index in [9.17, 15) is 4.79 Å². The van der Waals surface area contributed by atoms with Crippen LogP contribution < -0.4 is 16.4 Å². The van der Waals surface area contributed by atoms with Gasteiger partial charge in [0.05, 0.1) is 11.7 Å². The minimum absolute atomic E-state index is 0.151. The van der Waals surface area contributed by atoms with Gasteiger partial charge < -0.3 is 21.1 Å². The first-order chi connectivity index (χ1) is 14.3. The zero-order valence-electron chi connectivity index (χ0n) is 17.7. The summed E-state index contributed by atoms with van der Waals surface area (Å²) in [7, 11) is 0. The van der Waals surface area contributed by atoms with Crippen LogP contribution in [0.2, 0.25) is 0 Å². The molecule has 1 unspecified atom stereocenters. The first-order valence-corrected chi connectivity index (χ1v) is 10.4. The Morgan fingerprint density at radius 2 is 1.93 bits per heavy atom. The first-order valence-electron chi connectivity index (χ1n) is 10.4. The largest absolute Gasteiger partial charge is 0.381 e. The molecule has 1 fully saturated rings. The van der Waals surface area contributed by atoms with Crippen LogP contribution in [0.3, 0.4) is 0 Å². The van der Waals surface area contributed by atoms with Crippen molar-refractivity contribution < 1.29 is 9.53 Å². The highest BCUT2D eigenvalue weighted by molar-refractivity contribution is 5.94. The monoisotopic (exact) mass is 407 g/mol. The number of rotatable bonds is 4. The average molecular weight is 408 g/mol. The Hall–Kier alpha value is -2.93. The first kappa shape index (κ1) is 20.3. The van der Waals surface area contributed by atoms with E-state index in [2.05, 4.69) is 42.6 Å². The summed E-state index contributed by atoms with van der Waals surface area (Å²) in [6.07, 6.45) is 5.83. The second kappa shape index (κ2) is 8.07. The molecule has 7 nitrogen and oxygen atoms in total. The number of carbonyl (C=O) groups is 1. The zero-order chi connectivity index (χ0) is 21.3. The quantitative estimate of drug-likeness (QED) is 0.719. The fraction of sp³-hybridized carbons (Fsp3) is 0.435. The van der Waals surface area contributed by atoms with E-state index >= 15 is 0 Å². The van der Waals surface area contributed by atoms with Crippen molar-refractivity contribution in [2.45, 2.75) is 45.2 Å². The van der Waals surface area contributed by atoms with Crippen molar-refractivity contribution in [3.8, 4) is 0 Å². The maximum atomic E-state index is 12.0. The lowest BCUT2D eigenvalue weighted by Crippen LogP contribution is -2.31. The van der Waals surface area contributed by atoms with Gasteiger partial charge in [-0.2, -0.15) is 0 Å². The van der Waals surface area contributed by atoms with E-state index in [0.29, 0.717) is 17.4 Å². The van der Waals surface area contributed by atoms with E-state index in [-0.39, 0.29) is 11.6 Å². The summed E-state index contributed by atoms with van der Waals surface area (Å²) in [5.41, 5.74) is 9.86. The molecule has 4 rings (SSSR count). The van der Waals surface area contributed by atoms with Crippen molar-refractivity contribution in [2.75, 3.05) is 18.5 Å². The zero-order valence-corrected chi connectivity index (χ0v) is 17.7. The smallest absolute Gasteiger partial charge is 0.249 e. The molecular weight excluding hydrogens is 378 g/mol. The molecule has 0 radical (unpaired) electrons. The lowest BCUT2D eigenvalue weighted by Gasteiger charge is -2.33. The van der Waals surface area contributed by atoms with Gasteiger partial charge in [0.1, 0.15) is 0 Å². The third-order valence-corrected chi connectivity index (χ3v) is 5.49. The summed E-state index contributed by atoms with van der Waals surface area (Å²) in [5, 5.41) is 6.86. The van der Waals surface area contributed by atoms with Crippen LogP contribution in [0.4, 0.5) is 5.95 Å². The highest BCUT2D eigenvalue weighted by Gasteiger charge is 2.31. The Kier molecular flexibility index (Phi) is 5.47. The third kappa shape index (κ3) is 4.16. The van der Waals surface area contributed by atoms with Crippen molar-refractivity contribution in [3.63, 3.8) is 0 Å². The van der Waals surface area contributed by atoms with E-state index in [1.807, 2.05) is 24.4 Å². The predicted octanol–water partition coefficient (Wildman–Crippen LogP) is 3.25. The number of nitrogens with zero attached hydrogens (tertiary/aromatic N) is 2. The van der Waals surface area contributed by atoms with Crippen molar-refractivity contribution in [1.29, 1.82) is 0 Å². The molecule has 2 aliphatic rings. The lowest BCUT2D eigenvalue weighted by atomic mass is 9.83. The van der Waals surface area contributed by atoms with E-state index < -0.39 is 5.91 Å². The number of primary amides is 1. The van der Waals surface area contributed by atoms with Crippen LogP contribution >= 0.6 is 0 Å². The third-order valence-electron chi connectivity index (χ3n) is 5.49. The number of carbonyl (C=O) groups excluding carboxylic acids is 1. The molecule has 1 saturated heterocycles. The molecule has 30 heavy (non-hydrogen) atoms. The molecular formula is C23H29N5O2. The van der Waals surface area contributed by atoms with Gasteiger partial charge in [-0.3, -0.25) is 4.79 Å². The molecule has 1 aromatic carbocycles. The van der Waals surface area contributed by atoms with Gasteiger partial charge in [-0.1, -0.05) is 18.2 Å². The number of ether oxygens (including phenoxy) is 1. The molecule has 2 aromatic rings. The lowest BCUT2D eigenvalue weighted by molar-refractivity contribution is 0.0805. The average Bonchev–Trinajstić information content (AvgIpc) is 2.72. The predicted molar refractivity (Wildman–Crippen MR) is 117 cm³/mol. The summed E-state index contributed by atoms with van der Waals surface area (Å²) in [5.74, 6) is 0.526. The van der Waals surface area contributed by atoms with Gasteiger partial charge in [0, 0.05) is 42.3 Å². The normalized spacial score (nSPS) is 19.4. The van der Waals surface area contributed by atoms with Gasteiger partial charge in [-0.15, -0.1) is 0 Å². The second-order valence-corrected chi connectivity index (χ2v) is 8.91. The molecule has 1 atom stereocenters. The maximum Gasteiger partial charge on any atom is 0.249 e. The van der Waals surface area contributed by atoms with Crippen LogP contribution in [-0.4, -0.2) is 34.6 Å². The van der Waals surface area contributed by atoms with Gasteiger partial charge in [0.15, 0.2) is 0 Å². The van der Waals surface area contributed by atoms with Crippen molar-refractivity contribution >= 4 is 17.4 Å². The molecule has 4 N–H and O–H groups in total. The van der Waals surface area contributed by atoms with Crippen LogP contribution in [-0.2, 0) is 4.74 Å². The minimum Gasteiger partial charge on any atom is -0.381 e. The number of fused-ring (bicyclic) bond motifs is 1. The Morgan fingerprint density at radius 3 is 2.63 bits per heavy atom. The van der Waals surface area contributed by atoms with Gasteiger partial charge in [0.25, 0.3) is 0 Å². The van der Waals surface area contributed by atoms with Crippen LogP contribution in [0.1, 0.15) is 66.8 Å². The number of hydrogen-bond donors (Lipinski definition) is 3. The van der Waals surface area contributed by atoms with Gasteiger partial charge in [0.2, 0.25) is 11.9 Å². The standard InChI is InChI=1S/C23H29N5O2/c1-23(2,3)28-22-26-13-18-19(15-6-4-5-7-16(15)21(24)29)25-12-17(20(18)27-22)14-8-10-30-11-9-14/h4-7,12-14,19,25H,8-11H2,1-3H3,(H2,24,29)(H,26,27,28). The Labute approximate surface area is 177 Å². The SMILES string of the molecule is CC(C)(C)Nc1ncc2c(n1)C(C1CCOCC1)=CNC2c1ccccc1C(N)=O. The van der Waals surface area contributed by atoms with Crippen LogP contribution in [0, 0.1) is 5.92 Å². The number of benzene rings is 1. The molecule has 1 aromatic heterocycles. The number of hydrogen-bond acceptors (Lipinski definition) is 6. The highest BCUT2D eigenvalue weighted by atomic mass is 16.5. The maximum absolute atomic E-state index is 12.0. The van der Waals surface area contributed by atoms with Crippen molar-refractivity contribution in [1.82, 2.24) is 15.3 Å². The summed E-state index contributed by atoms with van der Waals surface area (Å²) in [6, 6.07) is 7.18. The fourth-order valence-electron chi connectivity index (χ4n) is 4.11. The fourth-order valence-corrected chi connectivity index (χ4v) is 4.11. The minimum atomic E-state index is -0.444. The Balaban J connectivity index is 1.80. The Morgan fingerprint density at radius 1 is 1.20 bits per heavy atom. The van der Waals surface area contributed by atoms with Crippen molar-refractivity contribution in [3.05, 3.63) is 59.0 Å². The van der Waals surface area contributed by atoms with Crippen molar-refractivity contribution in [2.24, 2.45) is 11.7 Å². The van der Waals surface area contributed by atoms with Crippen LogP contribution in [0.5, 0.6) is 0 Å². The Bertz CT molecular complexity index is 974. The van der Waals surface area contributed by atoms with Crippen LogP contribution in [0.25, 0.3) is 5.57 Å². The molecule has 2 aliphatic heterocycles. The molecule has 0 spiro atoms. The molecule has 0 bridgehead atoms. The molecule has 0 saturated carbocycles. The molecule has 158 valence electrons. The van der Waals surface area contributed by atoms with Gasteiger partial charge >= 0.3 is 0 Å². The summed E-state index contributed by atoms with van der Waals surface area (Å²) < 4.78 is 5.56. The summed E-state index contributed by atoms with van der Waals surface area (Å²) >= 11 is 0. The number of anilines is 1. The number of aromatic nitrogens is 2. The molecule has 0 aliphatic carbocycles. The van der Waals surface area contributed by atoms with E-state index in [0.717, 1.165) is 42.9 Å². The molecule has 7 heteroatoms. The summed E-state index contributed by atoms with van der Waals surface area (Å²) in [4.78, 5) is 21.5. The number of nitrogens with one attached hydrogen (secondary N) is 2. The highest BCUT2D eigenvalue weighted by Crippen LogP contribution is 2.39. The van der Waals surface area contributed by atoms with E-state index in [1.54, 1.807) is 6.07 Å². The second-order valence-electron chi connectivity index (χ2n) is 8.91.